The van der Waals surface area contributed by atoms with Crippen molar-refractivity contribution in [2.75, 3.05) is 26.7 Å². The van der Waals surface area contributed by atoms with E-state index in [2.05, 4.69) is 43.4 Å². The van der Waals surface area contributed by atoms with E-state index in [9.17, 15) is 5.11 Å². The number of nitrogens with zero attached hydrogens (tertiary/aromatic N) is 1. The first-order valence-electron chi connectivity index (χ1n) is 8.70. The second-order valence-corrected chi connectivity index (χ2v) is 7.63. The van der Waals surface area contributed by atoms with Gasteiger partial charge >= 0.3 is 0 Å². The highest BCUT2D eigenvalue weighted by atomic mass is 16.3. The fourth-order valence-electron chi connectivity index (χ4n) is 5.33. The summed E-state index contributed by atoms with van der Waals surface area (Å²) < 4.78 is 1.12. The topological polar surface area (TPSA) is 36.0 Å². The van der Waals surface area contributed by atoms with Crippen LogP contribution in [0.3, 0.4) is 0 Å². The minimum absolute atomic E-state index is 0.330. The van der Waals surface area contributed by atoms with Crippen molar-refractivity contribution in [3.8, 4) is 0 Å². The summed E-state index contributed by atoms with van der Waals surface area (Å²) in [6.07, 6.45) is 5.75. The largest absolute Gasteiger partial charge is 0.396 e. The van der Waals surface area contributed by atoms with Gasteiger partial charge < -0.3 is 14.6 Å². The zero-order chi connectivity index (χ0) is 15.3. The Kier molecular flexibility index (Phi) is 3.31. The average molecular weight is 299 g/mol. The third kappa shape index (κ3) is 1.95. The number of piperidine rings is 1. The molecule has 1 saturated heterocycles. The number of hydrogen-bond donors (Lipinski definition) is 2. The van der Waals surface area contributed by atoms with E-state index in [1.54, 1.807) is 0 Å². The molecule has 2 aromatic rings. The summed E-state index contributed by atoms with van der Waals surface area (Å²) >= 11 is 0. The van der Waals surface area contributed by atoms with E-state index in [1.165, 1.54) is 41.4 Å². The molecule has 1 aromatic heterocycles. The van der Waals surface area contributed by atoms with Crippen molar-refractivity contribution < 1.29 is 9.59 Å². The summed E-state index contributed by atoms with van der Waals surface area (Å²) in [6.45, 7) is 4.96. The number of aliphatic hydroxyl groups is 1. The average Bonchev–Trinajstić information content (AvgIpc) is 2.93. The molecule has 2 aliphatic rings. The Morgan fingerprint density at radius 3 is 3.00 bits per heavy atom. The number of nitrogens with one attached hydrogen (secondary N) is 1. The molecule has 0 spiro atoms. The maximum Gasteiger partial charge on any atom is 0.0999 e. The van der Waals surface area contributed by atoms with Crippen LogP contribution < -0.4 is 0 Å². The lowest BCUT2D eigenvalue weighted by Crippen LogP contribution is -2.62. The Morgan fingerprint density at radius 2 is 2.23 bits per heavy atom. The maximum absolute atomic E-state index is 9.81. The molecular weight excluding hydrogens is 272 g/mol. The van der Waals surface area contributed by atoms with Crippen LogP contribution in [0.2, 0.25) is 0 Å². The van der Waals surface area contributed by atoms with Gasteiger partial charge in [0.15, 0.2) is 0 Å². The second-order valence-electron chi connectivity index (χ2n) is 7.63. The van der Waals surface area contributed by atoms with Crippen molar-refractivity contribution in [2.45, 2.75) is 38.1 Å². The number of H-pyrrole nitrogens is 1. The smallest absolute Gasteiger partial charge is 0.0999 e. The molecule has 1 fully saturated rings. The Balaban J connectivity index is 1.84. The van der Waals surface area contributed by atoms with E-state index in [0.717, 1.165) is 17.4 Å². The first-order chi connectivity index (χ1) is 10.7. The third-order valence-corrected chi connectivity index (χ3v) is 6.17. The molecule has 4 atom stereocenters. The van der Waals surface area contributed by atoms with Crippen LogP contribution in [0.15, 0.2) is 24.4 Å². The Morgan fingerprint density at radius 1 is 1.36 bits per heavy atom. The summed E-state index contributed by atoms with van der Waals surface area (Å²) in [6, 6.07) is 7.37. The standard InChI is InChI=1S/C19H27N2O/c1-3-7-21(2)11-13(12-22)8-16-15-5-4-6-17-19(15)14(10-20-17)9-18(16)21/h4-6,10,13,16,18,20,22H,3,7-9,11-12H2,1-2H3/q+1/t13-,16-,18-,21?/m1/s1. The number of benzene rings is 1. The molecule has 3 nitrogen and oxygen atoms in total. The zero-order valence-electron chi connectivity index (χ0n) is 13.7. The summed E-state index contributed by atoms with van der Waals surface area (Å²) in [5.74, 6) is 1.03. The number of likely N-dealkylation sites (N-methyl/N-ethyl adjacent to an activating group) is 1. The highest BCUT2D eigenvalue weighted by Crippen LogP contribution is 2.46. The Bertz CT molecular complexity index is 692. The van der Waals surface area contributed by atoms with E-state index in [-0.39, 0.29) is 0 Å². The lowest BCUT2D eigenvalue weighted by atomic mass is 9.71. The van der Waals surface area contributed by atoms with Gasteiger partial charge in [-0.3, -0.25) is 0 Å². The molecule has 1 aliphatic heterocycles. The van der Waals surface area contributed by atoms with Crippen LogP contribution in [0.5, 0.6) is 0 Å². The van der Waals surface area contributed by atoms with Gasteiger partial charge in [-0.25, -0.2) is 0 Å². The molecular formula is C19H27N2O+. The van der Waals surface area contributed by atoms with Crippen LogP contribution in [0.1, 0.15) is 36.8 Å². The summed E-state index contributed by atoms with van der Waals surface area (Å²) in [4.78, 5) is 3.46. The first-order valence-corrected chi connectivity index (χ1v) is 8.70. The van der Waals surface area contributed by atoms with Crippen LogP contribution in [-0.2, 0) is 6.42 Å². The molecule has 22 heavy (non-hydrogen) atoms. The van der Waals surface area contributed by atoms with E-state index in [4.69, 9.17) is 0 Å². The van der Waals surface area contributed by atoms with E-state index < -0.39 is 0 Å². The SMILES string of the molecule is CCC[N+]1(C)C[C@H](CO)C[C@@H]2c3cccc4[nH]cc(c34)C[C@H]21. The number of aliphatic hydroxyl groups excluding tert-OH is 1. The van der Waals surface area contributed by atoms with Crippen molar-refractivity contribution >= 4 is 10.9 Å². The van der Waals surface area contributed by atoms with Crippen molar-refractivity contribution in [3.63, 3.8) is 0 Å². The number of hydrogen-bond acceptors (Lipinski definition) is 1. The number of aromatic nitrogens is 1. The third-order valence-electron chi connectivity index (χ3n) is 6.17. The van der Waals surface area contributed by atoms with Crippen molar-refractivity contribution in [1.29, 1.82) is 0 Å². The molecule has 0 radical (unpaired) electrons. The van der Waals surface area contributed by atoms with Gasteiger partial charge in [-0.05, 0) is 30.0 Å². The van der Waals surface area contributed by atoms with Crippen LogP contribution in [-0.4, -0.2) is 47.4 Å². The highest BCUT2D eigenvalue weighted by Gasteiger charge is 2.48. The minimum Gasteiger partial charge on any atom is -0.396 e. The predicted octanol–water partition coefficient (Wildman–Crippen LogP) is 3.05. The summed E-state index contributed by atoms with van der Waals surface area (Å²) in [5.41, 5.74) is 4.29. The normalized spacial score (nSPS) is 33.9. The molecule has 1 unspecified atom stereocenters. The van der Waals surface area contributed by atoms with Crippen LogP contribution in [0, 0.1) is 5.92 Å². The predicted molar refractivity (Wildman–Crippen MR) is 89.9 cm³/mol. The molecule has 1 aliphatic carbocycles. The van der Waals surface area contributed by atoms with E-state index >= 15 is 0 Å². The number of likely N-dealkylation sites (tertiary alicyclic amines) is 1. The lowest BCUT2D eigenvalue weighted by molar-refractivity contribution is -0.943. The van der Waals surface area contributed by atoms with E-state index in [0.29, 0.717) is 24.5 Å². The van der Waals surface area contributed by atoms with Gasteiger partial charge in [-0.2, -0.15) is 0 Å². The zero-order valence-corrected chi connectivity index (χ0v) is 13.7. The van der Waals surface area contributed by atoms with Gasteiger partial charge in [0, 0.05) is 35.4 Å². The van der Waals surface area contributed by atoms with Gasteiger partial charge in [0.05, 0.1) is 32.8 Å². The van der Waals surface area contributed by atoms with Crippen molar-refractivity contribution in [3.05, 3.63) is 35.5 Å². The first kappa shape index (κ1) is 14.3. The van der Waals surface area contributed by atoms with Crippen molar-refractivity contribution in [1.82, 2.24) is 4.98 Å². The molecule has 1 aromatic carbocycles. The van der Waals surface area contributed by atoms with Gasteiger partial charge in [0.2, 0.25) is 0 Å². The molecule has 0 saturated carbocycles. The highest BCUT2D eigenvalue weighted by molar-refractivity contribution is 5.88. The lowest BCUT2D eigenvalue weighted by Gasteiger charge is -2.52. The van der Waals surface area contributed by atoms with Crippen molar-refractivity contribution in [2.24, 2.45) is 5.92 Å². The molecule has 2 heterocycles. The molecule has 3 heteroatoms. The molecule has 2 N–H and O–H groups in total. The number of quaternary nitrogens is 1. The molecule has 0 bridgehead atoms. The fraction of sp³-hybridized carbons (Fsp3) is 0.579. The Labute approximate surface area is 132 Å². The molecule has 118 valence electrons. The number of fused-ring (bicyclic) bond motifs is 2. The van der Waals surface area contributed by atoms with Gasteiger partial charge in [0.1, 0.15) is 0 Å². The van der Waals surface area contributed by atoms with Crippen LogP contribution in [0.4, 0.5) is 0 Å². The monoisotopic (exact) mass is 299 g/mol. The van der Waals surface area contributed by atoms with Gasteiger partial charge in [0.25, 0.3) is 0 Å². The van der Waals surface area contributed by atoms with Crippen LogP contribution >= 0.6 is 0 Å². The summed E-state index contributed by atoms with van der Waals surface area (Å²) in [7, 11) is 2.42. The quantitative estimate of drug-likeness (QED) is 0.840. The van der Waals surface area contributed by atoms with Crippen LogP contribution in [0.25, 0.3) is 10.9 Å². The van der Waals surface area contributed by atoms with Gasteiger partial charge in [-0.1, -0.05) is 19.1 Å². The number of rotatable bonds is 3. The molecule has 4 rings (SSSR count). The summed E-state index contributed by atoms with van der Waals surface area (Å²) in [5, 5.41) is 11.3. The fourth-order valence-corrected chi connectivity index (χ4v) is 5.33. The second kappa shape index (κ2) is 5.10. The Hall–Kier alpha value is -1.32. The van der Waals surface area contributed by atoms with E-state index in [1.807, 2.05) is 0 Å². The minimum atomic E-state index is 0.330. The maximum atomic E-state index is 9.81. The van der Waals surface area contributed by atoms with Gasteiger partial charge in [-0.15, -0.1) is 0 Å². The molecule has 0 amide bonds. The number of aromatic amines is 1.